The lowest BCUT2D eigenvalue weighted by Gasteiger charge is -2.33. The number of hydrogen-bond donors (Lipinski definition) is 0. The molecule has 1 aliphatic heterocycles. The SMILES string of the molecule is COC(=O)/C=C/O[C@@]1(C)C=C(C)C(=O)N1c1ccccc1. The summed E-state index contributed by atoms with van der Waals surface area (Å²) in [7, 11) is 1.29. The topological polar surface area (TPSA) is 55.8 Å². The fraction of sp³-hybridized carbons (Fsp3) is 0.250. The molecular formula is C16H17NO4. The van der Waals surface area contributed by atoms with Crippen molar-refractivity contribution in [1.82, 2.24) is 0 Å². The summed E-state index contributed by atoms with van der Waals surface area (Å²) in [6, 6.07) is 9.23. The second-order valence-electron chi connectivity index (χ2n) is 4.80. The maximum atomic E-state index is 12.3. The van der Waals surface area contributed by atoms with E-state index in [0.717, 1.165) is 5.69 Å². The van der Waals surface area contributed by atoms with Crippen LogP contribution in [0, 0.1) is 0 Å². The molecule has 110 valence electrons. The zero-order valence-electron chi connectivity index (χ0n) is 12.2. The van der Waals surface area contributed by atoms with Crippen molar-refractivity contribution in [1.29, 1.82) is 0 Å². The zero-order valence-corrected chi connectivity index (χ0v) is 12.2. The molecule has 0 unspecified atom stereocenters. The van der Waals surface area contributed by atoms with Crippen LogP contribution in [0.1, 0.15) is 13.8 Å². The van der Waals surface area contributed by atoms with E-state index in [1.54, 1.807) is 24.8 Å². The van der Waals surface area contributed by atoms with Gasteiger partial charge in [-0.2, -0.15) is 0 Å². The van der Waals surface area contributed by atoms with Gasteiger partial charge in [-0.3, -0.25) is 9.69 Å². The molecule has 0 spiro atoms. The average molecular weight is 287 g/mol. The maximum absolute atomic E-state index is 12.3. The highest BCUT2D eigenvalue weighted by Gasteiger charge is 2.42. The van der Waals surface area contributed by atoms with Gasteiger partial charge in [-0.1, -0.05) is 18.2 Å². The van der Waals surface area contributed by atoms with E-state index in [9.17, 15) is 9.59 Å². The van der Waals surface area contributed by atoms with Crippen molar-refractivity contribution in [3.63, 3.8) is 0 Å². The Morgan fingerprint density at radius 1 is 1.29 bits per heavy atom. The molecule has 21 heavy (non-hydrogen) atoms. The summed E-state index contributed by atoms with van der Waals surface area (Å²) in [5, 5.41) is 0. The van der Waals surface area contributed by atoms with Crippen molar-refractivity contribution < 1.29 is 19.1 Å². The van der Waals surface area contributed by atoms with Gasteiger partial charge in [0.05, 0.1) is 19.4 Å². The summed E-state index contributed by atoms with van der Waals surface area (Å²) in [6.45, 7) is 3.49. The van der Waals surface area contributed by atoms with Crippen LogP contribution in [0.5, 0.6) is 0 Å². The Bertz CT molecular complexity index is 606. The molecule has 0 bridgehead atoms. The lowest BCUT2D eigenvalue weighted by Crippen LogP contribution is -2.45. The lowest BCUT2D eigenvalue weighted by molar-refractivity contribution is -0.135. The minimum absolute atomic E-state index is 0.129. The van der Waals surface area contributed by atoms with Crippen molar-refractivity contribution in [2.24, 2.45) is 0 Å². The fourth-order valence-corrected chi connectivity index (χ4v) is 2.24. The van der Waals surface area contributed by atoms with Crippen molar-refractivity contribution in [2.45, 2.75) is 19.6 Å². The van der Waals surface area contributed by atoms with Gasteiger partial charge in [-0.05, 0) is 32.1 Å². The molecule has 0 fully saturated rings. The van der Waals surface area contributed by atoms with Crippen LogP contribution in [0.15, 0.2) is 54.3 Å². The van der Waals surface area contributed by atoms with Gasteiger partial charge < -0.3 is 9.47 Å². The van der Waals surface area contributed by atoms with E-state index >= 15 is 0 Å². The maximum Gasteiger partial charge on any atom is 0.333 e. The molecule has 0 saturated heterocycles. The number of esters is 1. The molecule has 2 rings (SSSR count). The minimum atomic E-state index is -0.979. The average Bonchev–Trinajstić information content (AvgIpc) is 2.69. The molecule has 0 N–H and O–H groups in total. The number of para-hydroxylation sites is 1. The highest BCUT2D eigenvalue weighted by atomic mass is 16.5. The smallest absolute Gasteiger partial charge is 0.333 e. The van der Waals surface area contributed by atoms with Crippen LogP contribution in [-0.2, 0) is 19.1 Å². The van der Waals surface area contributed by atoms with Gasteiger partial charge in [0.25, 0.3) is 5.91 Å². The Balaban J connectivity index is 2.28. The molecule has 5 nitrogen and oxygen atoms in total. The number of benzene rings is 1. The van der Waals surface area contributed by atoms with E-state index in [1.807, 2.05) is 30.3 Å². The quantitative estimate of drug-likeness (QED) is 0.485. The third-order valence-electron chi connectivity index (χ3n) is 3.20. The van der Waals surface area contributed by atoms with Crippen LogP contribution in [0.4, 0.5) is 5.69 Å². The van der Waals surface area contributed by atoms with E-state index in [4.69, 9.17) is 4.74 Å². The highest BCUT2D eigenvalue weighted by molar-refractivity contribution is 6.09. The Kier molecular flexibility index (Phi) is 4.12. The first-order valence-electron chi connectivity index (χ1n) is 6.49. The highest BCUT2D eigenvalue weighted by Crippen LogP contribution is 2.34. The normalized spacial score (nSPS) is 21.6. The van der Waals surface area contributed by atoms with Gasteiger partial charge >= 0.3 is 5.97 Å². The van der Waals surface area contributed by atoms with Crippen molar-refractivity contribution in [3.8, 4) is 0 Å². The number of amides is 1. The molecule has 1 aliphatic rings. The van der Waals surface area contributed by atoms with Crippen molar-refractivity contribution in [3.05, 3.63) is 54.3 Å². The lowest BCUT2D eigenvalue weighted by atomic mass is 10.2. The number of methoxy groups -OCH3 is 1. The second kappa shape index (κ2) is 5.83. The molecule has 0 saturated carbocycles. The van der Waals surface area contributed by atoms with Crippen LogP contribution >= 0.6 is 0 Å². The predicted octanol–water partition coefficient (Wildman–Crippen LogP) is 2.40. The monoisotopic (exact) mass is 287 g/mol. The Hall–Kier alpha value is -2.56. The number of carbonyl (C=O) groups is 2. The number of ether oxygens (including phenoxy) is 2. The van der Waals surface area contributed by atoms with E-state index < -0.39 is 11.7 Å². The zero-order chi connectivity index (χ0) is 15.5. The molecule has 1 heterocycles. The molecule has 1 aromatic rings. The number of nitrogens with zero attached hydrogens (tertiary/aromatic N) is 1. The van der Waals surface area contributed by atoms with Gasteiger partial charge in [-0.15, -0.1) is 0 Å². The summed E-state index contributed by atoms with van der Waals surface area (Å²) in [6.07, 6.45) is 4.13. The summed E-state index contributed by atoms with van der Waals surface area (Å²) in [4.78, 5) is 25.0. The third-order valence-corrected chi connectivity index (χ3v) is 3.20. The van der Waals surface area contributed by atoms with E-state index in [0.29, 0.717) is 5.57 Å². The molecule has 0 aliphatic carbocycles. The molecule has 1 aromatic carbocycles. The standard InChI is InChI=1S/C16H17NO4/c1-12-11-16(2,21-10-9-14(18)20-3)17(15(12)19)13-7-5-4-6-8-13/h4-11H,1-3H3/b10-9+/t16-/m0/s1. The first kappa shape index (κ1) is 14.8. The molecule has 1 amide bonds. The Labute approximate surface area is 123 Å². The van der Waals surface area contributed by atoms with Gasteiger partial charge in [0.1, 0.15) is 0 Å². The first-order chi connectivity index (χ1) is 9.98. The fourth-order valence-electron chi connectivity index (χ4n) is 2.24. The minimum Gasteiger partial charge on any atom is -0.472 e. The van der Waals surface area contributed by atoms with Gasteiger partial charge in [-0.25, -0.2) is 4.79 Å². The Morgan fingerprint density at radius 3 is 2.57 bits per heavy atom. The summed E-state index contributed by atoms with van der Waals surface area (Å²) in [5.74, 6) is -0.648. The van der Waals surface area contributed by atoms with Gasteiger partial charge in [0, 0.05) is 11.3 Å². The number of hydrogen-bond acceptors (Lipinski definition) is 4. The molecule has 5 heteroatoms. The van der Waals surface area contributed by atoms with Crippen LogP contribution in [-0.4, -0.2) is 24.7 Å². The van der Waals surface area contributed by atoms with E-state index in [2.05, 4.69) is 4.74 Å². The van der Waals surface area contributed by atoms with Crippen molar-refractivity contribution in [2.75, 3.05) is 12.0 Å². The number of anilines is 1. The molecule has 1 atom stereocenters. The predicted molar refractivity (Wildman–Crippen MR) is 78.3 cm³/mol. The van der Waals surface area contributed by atoms with E-state index in [-0.39, 0.29) is 5.91 Å². The number of rotatable bonds is 4. The van der Waals surface area contributed by atoms with Gasteiger partial charge in [0.15, 0.2) is 0 Å². The van der Waals surface area contributed by atoms with Crippen LogP contribution in [0.25, 0.3) is 0 Å². The second-order valence-corrected chi connectivity index (χ2v) is 4.80. The largest absolute Gasteiger partial charge is 0.472 e. The van der Waals surface area contributed by atoms with Crippen LogP contribution < -0.4 is 4.90 Å². The molecular weight excluding hydrogens is 270 g/mol. The third kappa shape index (κ3) is 2.97. The molecule has 0 radical (unpaired) electrons. The van der Waals surface area contributed by atoms with Crippen LogP contribution in [0.3, 0.4) is 0 Å². The number of carbonyl (C=O) groups excluding carboxylic acids is 2. The summed E-state index contributed by atoms with van der Waals surface area (Å²) < 4.78 is 10.1. The summed E-state index contributed by atoms with van der Waals surface area (Å²) >= 11 is 0. The first-order valence-corrected chi connectivity index (χ1v) is 6.49. The van der Waals surface area contributed by atoms with Crippen molar-refractivity contribution >= 4 is 17.6 Å². The van der Waals surface area contributed by atoms with E-state index in [1.165, 1.54) is 19.4 Å². The summed E-state index contributed by atoms with van der Waals surface area (Å²) in [5.41, 5.74) is 0.338. The van der Waals surface area contributed by atoms with Crippen LogP contribution in [0.2, 0.25) is 0 Å². The van der Waals surface area contributed by atoms with Gasteiger partial charge in [0.2, 0.25) is 5.72 Å². The molecule has 0 aromatic heterocycles. The Morgan fingerprint density at radius 2 is 1.95 bits per heavy atom.